The summed E-state index contributed by atoms with van der Waals surface area (Å²) in [5.41, 5.74) is 0.999. The van der Waals surface area contributed by atoms with E-state index in [0.717, 1.165) is 5.56 Å². The number of carboxylic acid groups (broad SMARTS) is 1. The summed E-state index contributed by atoms with van der Waals surface area (Å²) in [6.45, 7) is 1.05. The van der Waals surface area contributed by atoms with E-state index >= 15 is 0 Å². The molecule has 100 valence electrons. The maximum absolute atomic E-state index is 11.4. The van der Waals surface area contributed by atoms with Crippen molar-refractivity contribution in [3.05, 3.63) is 35.9 Å². The van der Waals surface area contributed by atoms with Gasteiger partial charge in [-0.1, -0.05) is 30.3 Å². The third-order valence-electron chi connectivity index (χ3n) is 2.74. The Balaban J connectivity index is 2.77. The molecular weight excluding hydrogens is 273 g/mol. The molecule has 1 atom stereocenters. The molecule has 0 aromatic heterocycles. The second-order valence-corrected chi connectivity index (χ2v) is 4.71. The van der Waals surface area contributed by atoms with Crippen LogP contribution >= 0.6 is 23.2 Å². The second kappa shape index (κ2) is 8.35. The fraction of sp³-hybridized carbons (Fsp3) is 0.462. The van der Waals surface area contributed by atoms with Crippen molar-refractivity contribution in [2.24, 2.45) is 0 Å². The molecule has 0 amide bonds. The molecule has 3 nitrogen and oxygen atoms in total. The Labute approximate surface area is 117 Å². The van der Waals surface area contributed by atoms with E-state index in [9.17, 15) is 9.90 Å². The van der Waals surface area contributed by atoms with E-state index in [2.05, 4.69) is 0 Å². The van der Waals surface area contributed by atoms with Crippen LogP contribution in [0.4, 0.5) is 0 Å². The van der Waals surface area contributed by atoms with Gasteiger partial charge in [0.15, 0.2) is 0 Å². The summed E-state index contributed by atoms with van der Waals surface area (Å²) < 4.78 is 0. The molecule has 0 fully saturated rings. The highest BCUT2D eigenvalue weighted by Gasteiger charge is 2.24. The van der Waals surface area contributed by atoms with Crippen molar-refractivity contribution in [1.82, 2.24) is 4.90 Å². The highest BCUT2D eigenvalue weighted by molar-refractivity contribution is 6.18. The molecule has 0 aliphatic rings. The number of alkyl halides is 2. The summed E-state index contributed by atoms with van der Waals surface area (Å²) in [5, 5.41) is 9.33. The van der Waals surface area contributed by atoms with E-state index < -0.39 is 12.0 Å². The lowest BCUT2D eigenvalue weighted by molar-refractivity contribution is -0.143. The summed E-state index contributed by atoms with van der Waals surface area (Å²) in [7, 11) is 0. The minimum atomic E-state index is -0.839. The number of benzene rings is 1. The lowest BCUT2D eigenvalue weighted by atomic mass is 10.0. The number of halogens is 2. The van der Waals surface area contributed by atoms with E-state index in [1.807, 2.05) is 35.2 Å². The first-order valence-electron chi connectivity index (χ1n) is 5.81. The van der Waals surface area contributed by atoms with Crippen LogP contribution in [-0.2, 0) is 11.2 Å². The van der Waals surface area contributed by atoms with Gasteiger partial charge in [0.05, 0.1) is 0 Å². The van der Waals surface area contributed by atoms with Crippen molar-refractivity contribution < 1.29 is 9.90 Å². The lowest BCUT2D eigenvalue weighted by Crippen LogP contribution is -2.44. The van der Waals surface area contributed by atoms with E-state index in [1.165, 1.54) is 0 Å². The Morgan fingerprint density at radius 3 is 2.17 bits per heavy atom. The third kappa shape index (κ3) is 4.84. The quantitative estimate of drug-likeness (QED) is 0.748. The number of hydrogen-bond donors (Lipinski definition) is 1. The highest BCUT2D eigenvalue weighted by Crippen LogP contribution is 2.10. The normalized spacial score (nSPS) is 12.6. The Hall–Kier alpha value is -0.770. The van der Waals surface area contributed by atoms with Crippen LogP contribution < -0.4 is 0 Å². The highest BCUT2D eigenvalue weighted by atomic mass is 35.5. The van der Waals surface area contributed by atoms with Crippen LogP contribution in [-0.4, -0.2) is 46.9 Å². The van der Waals surface area contributed by atoms with Gasteiger partial charge >= 0.3 is 5.97 Å². The van der Waals surface area contributed by atoms with E-state index in [-0.39, 0.29) is 0 Å². The van der Waals surface area contributed by atoms with E-state index in [0.29, 0.717) is 31.3 Å². The summed E-state index contributed by atoms with van der Waals surface area (Å²) in [5.74, 6) is -0.0423. The van der Waals surface area contributed by atoms with Crippen LogP contribution in [0.25, 0.3) is 0 Å². The molecule has 1 N–H and O–H groups in total. The molecule has 1 aromatic rings. The molecule has 0 spiro atoms. The lowest BCUT2D eigenvalue weighted by Gasteiger charge is -2.27. The van der Waals surface area contributed by atoms with Gasteiger partial charge in [0.1, 0.15) is 6.04 Å². The minimum Gasteiger partial charge on any atom is -0.480 e. The number of carboxylic acids is 1. The van der Waals surface area contributed by atoms with Crippen LogP contribution in [0.3, 0.4) is 0 Å². The Morgan fingerprint density at radius 1 is 1.17 bits per heavy atom. The zero-order valence-corrected chi connectivity index (χ0v) is 11.6. The van der Waals surface area contributed by atoms with Gasteiger partial charge < -0.3 is 5.11 Å². The van der Waals surface area contributed by atoms with Crippen molar-refractivity contribution in [2.75, 3.05) is 24.8 Å². The van der Waals surface area contributed by atoms with Gasteiger partial charge in [0.25, 0.3) is 0 Å². The Bertz CT molecular complexity index is 353. The average molecular weight is 290 g/mol. The predicted molar refractivity (Wildman–Crippen MR) is 74.6 cm³/mol. The fourth-order valence-electron chi connectivity index (χ4n) is 1.85. The summed E-state index contributed by atoms with van der Waals surface area (Å²) in [4.78, 5) is 13.2. The van der Waals surface area contributed by atoms with Crippen molar-refractivity contribution in [2.45, 2.75) is 12.5 Å². The Kier molecular flexibility index (Phi) is 7.09. The molecule has 0 heterocycles. The van der Waals surface area contributed by atoms with Gasteiger partial charge in [-0.3, -0.25) is 9.69 Å². The van der Waals surface area contributed by atoms with Gasteiger partial charge in [-0.15, -0.1) is 23.2 Å². The molecule has 1 rings (SSSR count). The smallest absolute Gasteiger partial charge is 0.321 e. The molecule has 0 saturated carbocycles. The largest absolute Gasteiger partial charge is 0.480 e. The zero-order chi connectivity index (χ0) is 13.4. The number of aliphatic carboxylic acids is 1. The average Bonchev–Trinajstić information content (AvgIpc) is 2.37. The molecule has 0 aliphatic carbocycles. The molecule has 0 radical (unpaired) electrons. The molecule has 5 heteroatoms. The summed E-state index contributed by atoms with van der Waals surface area (Å²) >= 11 is 11.4. The first-order valence-corrected chi connectivity index (χ1v) is 6.88. The molecule has 18 heavy (non-hydrogen) atoms. The minimum absolute atomic E-state index is 0.398. The van der Waals surface area contributed by atoms with Gasteiger partial charge in [-0.05, 0) is 12.0 Å². The topological polar surface area (TPSA) is 40.5 Å². The summed E-state index contributed by atoms with van der Waals surface area (Å²) in [6, 6.07) is 8.99. The number of hydrogen-bond acceptors (Lipinski definition) is 2. The van der Waals surface area contributed by atoms with Crippen molar-refractivity contribution in [1.29, 1.82) is 0 Å². The zero-order valence-electron chi connectivity index (χ0n) is 10.1. The maximum Gasteiger partial charge on any atom is 0.321 e. The predicted octanol–water partition coefficient (Wildman–Crippen LogP) is 2.46. The first kappa shape index (κ1) is 15.3. The SMILES string of the molecule is O=C(O)[C@@H](Cc1ccccc1)N(CCCl)CCCl. The van der Waals surface area contributed by atoms with Crippen LogP contribution in [0.1, 0.15) is 5.56 Å². The van der Waals surface area contributed by atoms with Gasteiger partial charge in [0, 0.05) is 24.8 Å². The second-order valence-electron chi connectivity index (χ2n) is 3.96. The van der Waals surface area contributed by atoms with Crippen LogP contribution in [0.15, 0.2) is 30.3 Å². The summed E-state index contributed by atoms with van der Waals surface area (Å²) in [6.07, 6.45) is 0.462. The standard InChI is InChI=1S/C13H17Cl2NO2/c14-6-8-16(9-7-15)12(13(17)18)10-11-4-2-1-3-5-11/h1-5,12H,6-10H2,(H,17,18)/t12-/m1/s1. The fourth-order valence-corrected chi connectivity index (χ4v) is 2.28. The third-order valence-corrected chi connectivity index (χ3v) is 3.08. The van der Waals surface area contributed by atoms with E-state index in [1.54, 1.807) is 0 Å². The van der Waals surface area contributed by atoms with Crippen LogP contribution in [0.5, 0.6) is 0 Å². The van der Waals surface area contributed by atoms with Crippen molar-refractivity contribution >= 4 is 29.2 Å². The van der Waals surface area contributed by atoms with Crippen LogP contribution in [0.2, 0.25) is 0 Å². The number of nitrogens with zero attached hydrogens (tertiary/aromatic N) is 1. The monoisotopic (exact) mass is 289 g/mol. The number of carbonyl (C=O) groups is 1. The van der Waals surface area contributed by atoms with Crippen molar-refractivity contribution in [3.63, 3.8) is 0 Å². The number of rotatable bonds is 8. The molecule has 0 unspecified atom stereocenters. The van der Waals surface area contributed by atoms with Crippen molar-refractivity contribution in [3.8, 4) is 0 Å². The van der Waals surface area contributed by atoms with Gasteiger partial charge in [0.2, 0.25) is 0 Å². The molecule has 0 saturated heterocycles. The molecular formula is C13H17Cl2NO2. The Morgan fingerprint density at radius 2 is 1.72 bits per heavy atom. The van der Waals surface area contributed by atoms with Gasteiger partial charge in [-0.25, -0.2) is 0 Å². The van der Waals surface area contributed by atoms with E-state index in [4.69, 9.17) is 23.2 Å². The first-order chi connectivity index (χ1) is 8.69. The molecule has 1 aromatic carbocycles. The maximum atomic E-state index is 11.4. The molecule has 0 aliphatic heterocycles. The van der Waals surface area contributed by atoms with Crippen LogP contribution in [0, 0.1) is 0 Å². The van der Waals surface area contributed by atoms with Gasteiger partial charge in [-0.2, -0.15) is 0 Å². The molecule has 0 bridgehead atoms.